The third-order valence-electron chi connectivity index (χ3n) is 2.24. The maximum absolute atomic E-state index is 9.35. The van der Waals surface area contributed by atoms with E-state index in [1.165, 1.54) is 12.1 Å². The Morgan fingerprint density at radius 1 is 0.688 bits per heavy atom. The summed E-state index contributed by atoms with van der Waals surface area (Å²) in [6.45, 7) is 0. The number of anilines is 2. The number of rotatable bonds is 0. The van der Waals surface area contributed by atoms with Gasteiger partial charge >= 0.3 is 0 Å². The van der Waals surface area contributed by atoms with Crippen molar-refractivity contribution in [2.24, 2.45) is 0 Å². The molecule has 0 aliphatic heterocycles. The van der Waals surface area contributed by atoms with Crippen LogP contribution in [0, 0.1) is 0 Å². The number of aromatic hydroxyl groups is 2. The number of phenolic OH excluding ortho intramolecular Hbond substituents is 2. The molecule has 4 nitrogen and oxygen atoms in total. The molecule has 16 heavy (non-hydrogen) atoms. The molecule has 0 aliphatic rings. The van der Waals surface area contributed by atoms with Crippen molar-refractivity contribution < 1.29 is 10.2 Å². The van der Waals surface area contributed by atoms with Crippen LogP contribution in [0.25, 0.3) is 10.8 Å². The predicted molar refractivity (Wildman–Crippen MR) is 70.6 cm³/mol. The molecule has 2 aromatic carbocycles. The second-order valence-corrected chi connectivity index (χ2v) is 3.09. The number of halogens is 2. The summed E-state index contributed by atoms with van der Waals surface area (Å²) in [7, 11) is 0. The zero-order valence-corrected chi connectivity index (χ0v) is 9.81. The van der Waals surface area contributed by atoms with Crippen LogP contribution in [0.4, 0.5) is 11.4 Å². The van der Waals surface area contributed by atoms with Crippen LogP contribution in [0.1, 0.15) is 0 Å². The maximum atomic E-state index is 9.35. The standard InChI is InChI=1S/C10H10N2O2.2ClH/c11-9-5-1-3-7(13)10(12)6(5)2-4-8(9)14;;/h1-4,13-14H,11-12H2;2*1H. The molecule has 0 saturated carbocycles. The molecular formula is C10H12Cl2N2O2. The first-order valence-electron chi connectivity index (χ1n) is 4.10. The van der Waals surface area contributed by atoms with Crippen LogP contribution in [-0.2, 0) is 0 Å². The largest absolute Gasteiger partial charge is 0.506 e. The summed E-state index contributed by atoms with van der Waals surface area (Å²) in [6.07, 6.45) is 0. The quantitative estimate of drug-likeness (QED) is 0.433. The van der Waals surface area contributed by atoms with Crippen molar-refractivity contribution in [3.63, 3.8) is 0 Å². The monoisotopic (exact) mass is 262 g/mol. The van der Waals surface area contributed by atoms with E-state index in [1.807, 2.05) is 0 Å². The lowest BCUT2D eigenvalue weighted by Gasteiger charge is -2.07. The lowest BCUT2D eigenvalue weighted by molar-refractivity contribution is 0.477. The number of phenols is 2. The molecule has 0 unspecified atom stereocenters. The number of hydrogen-bond acceptors (Lipinski definition) is 4. The molecule has 2 aromatic rings. The van der Waals surface area contributed by atoms with Gasteiger partial charge in [0.1, 0.15) is 11.5 Å². The number of nitrogens with two attached hydrogens (primary N) is 2. The highest BCUT2D eigenvalue weighted by atomic mass is 35.5. The van der Waals surface area contributed by atoms with Crippen LogP contribution in [0.15, 0.2) is 24.3 Å². The summed E-state index contributed by atoms with van der Waals surface area (Å²) >= 11 is 0. The van der Waals surface area contributed by atoms with Gasteiger partial charge in [-0.3, -0.25) is 0 Å². The third-order valence-corrected chi connectivity index (χ3v) is 2.24. The molecule has 0 heterocycles. The van der Waals surface area contributed by atoms with Crippen molar-refractivity contribution in [2.75, 3.05) is 11.5 Å². The molecule has 0 spiro atoms. The van der Waals surface area contributed by atoms with Gasteiger partial charge in [-0.15, -0.1) is 24.8 Å². The van der Waals surface area contributed by atoms with E-state index >= 15 is 0 Å². The Bertz CT molecular complexity index is 470. The number of fused-ring (bicyclic) bond motifs is 1. The summed E-state index contributed by atoms with van der Waals surface area (Å²) in [6, 6.07) is 6.15. The van der Waals surface area contributed by atoms with Gasteiger partial charge in [-0.2, -0.15) is 0 Å². The molecular weight excluding hydrogens is 251 g/mol. The molecule has 6 heteroatoms. The van der Waals surface area contributed by atoms with Gasteiger partial charge in [0.2, 0.25) is 0 Å². The Kier molecular flexibility index (Phi) is 4.53. The Morgan fingerprint density at radius 3 is 1.31 bits per heavy atom. The van der Waals surface area contributed by atoms with Gasteiger partial charge in [-0.25, -0.2) is 0 Å². The van der Waals surface area contributed by atoms with Crippen LogP contribution in [0.3, 0.4) is 0 Å². The van der Waals surface area contributed by atoms with Gasteiger partial charge in [0, 0.05) is 10.8 Å². The summed E-state index contributed by atoms with van der Waals surface area (Å²) in [5.41, 5.74) is 11.8. The van der Waals surface area contributed by atoms with Gasteiger partial charge in [0.05, 0.1) is 11.4 Å². The second kappa shape index (κ2) is 5.01. The maximum Gasteiger partial charge on any atom is 0.139 e. The van der Waals surface area contributed by atoms with Gasteiger partial charge in [-0.05, 0) is 24.3 Å². The molecule has 0 atom stereocenters. The summed E-state index contributed by atoms with van der Waals surface area (Å²) < 4.78 is 0. The first-order chi connectivity index (χ1) is 6.61. The molecule has 0 saturated heterocycles. The topological polar surface area (TPSA) is 92.5 Å². The number of nitrogen functional groups attached to an aromatic ring is 2. The Balaban J connectivity index is 0.00000112. The zero-order valence-electron chi connectivity index (χ0n) is 8.18. The van der Waals surface area contributed by atoms with Crippen molar-refractivity contribution in [1.82, 2.24) is 0 Å². The van der Waals surface area contributed by atoms with Crippen LogP contribution < -0.4 is 11.5 Å². The van der Waals surface area contributed by atoms with Crippen molar-refractivity contribution in [2.45, 2.75) is 0 Å². The van der Waals surface area contributed by atoms with E-state index in [0.29, 0.717) is 10.8 Å². The Labute approximate surface area is 105 Å². The van der Waals surface area contributed by atoms with Crippen molar-refractivity contribution >= 4 is 47.0 Å². The van der Waals surface area contributed by atoms with Gasteiger partial charge in [0.15, 0.2) is 0 Å². The molecule has 0 aliphatic carbocycles. The fraction of sp³-hybridized carbons (Fsp3) is 0. The second-order valence-electron chi connectivity index (χ2n) is 3.09. The SMILES string of the molecule is Cl.Cl.Nc1c(O)ccc2c(N)c(O)ccc12. The van der Waals surface area contributed by atoms with Crippen LogP contribution in [0.2, 0.25) is 0 Å². The molecule has 0 bridgehead atoms. The smallest absolute Gasteiger partial charge is 0.139 e. The molecule has 88 valence electrons. The minimum Gasteiger partial charge on any atom is -0.506 e. The van der Waals surface area contributed by atoms with E-state index in [2.05, 4.69) is 0 Å². The lowest BCUT2D eigenvalue weighted by Crippen LogP contribution is -1.92. The molecule has 0 amide bonds. The highest BCUT2D eigenvalue weighted by Gasteiger charge is 2.07. The first-order valence-corrected chi connectivity index (χ1v) is 4.10. The minimum atomic E-state index is 0. The number of benzene rings is 2. The van der Waals surface area contributed by atoms with E-state index in [0.717, 1.165) is 0 Å². The Morgan fingerprint density at radius 2 is 1.00 bits per heavy atom. The highest BCUT2D eigenvalue weighted by molar-refractivity contribution is 6.03. The Hall–Kier alpha value is -1.52. The molecule has 6 N–H and O–H groups in total. The van der Waals surface area contributed by atoms with Crippen LogP contribution >= 0.6 is 24.8 Å². The van der Waals surface area contributed by atoms with Crippen LogP contribution in [0.5, 0.6) is 11.5 Å². The van der Waals surface area contributed by atoms with Crippen molar-refractivity contribution in [3.8, 4) is 11.5 Å². The first kappa shape index (κ1) is 14.5. The third kappa shape index (κ3) is 2.03. The average Bonchev–Trinajstić information content (AvgIpc) is 2.17. The zero-order chi connectivity index (χ0) is 10.3. The van der Waals surface area contributed by atoms with Crippen molar-refractivity contribution in [1.29, 1.82) is 0 Å². The van der Waals surface area contributed by atoms with Gasteiger partial charge < -0.3 is 21.7 Å². The van der Waals surface area contributed by atoms with Crippen molar-refractivity contribution in [3.05, 3.63) is 24.3 Å². The predicted octanol–water partition coefficient (Wildman–Crippen LogP) is 2.26. The summed E-state index contributed by atoms with van der Waals surface area (Å²) in [5.74, 6) is 0.0326. The molecule has 0 fully saturated rings. The normalized spacial score (nSPS) is 9.25. The highest BCUT2D eigenvalue weighted by Crippen LogP contribution is 2.36. The van der Waals surface area contributed by atoms with Gasteiger partial charge in [0.25, 0.3) is 0 Å². The minimum absolute atomic E-state index is 0. The van der Waals surface area contributed by atoms with E-state index in [4.69, 9.17) is 11.5 Å². The van der Waals surface area contributed by atoms with E-state index < -0.39 is 0 Å². The fourth-order valence-corrected chi connectivity index (χ4v) is 1.43. The summed E-state index contributed by atoms with van der Waals surface area (Å²) in [5, 5.41) is 20.0. The fourth-order valence-electron chi connectivity index (χ4n) is 1.43. The van der Waals surface area contributed by atoms with Gasteiger partial charge in [-0.1, -0.05) is 0 Å². The summed E-state index contributed by atoms with van der Waals surface area (Å²) in [4.78, 5) is 0. The molecule has 2 rings (SSSR count). The van der Waals surface area contributed by atoms with E-state index in [1.54, 1.807) is 12.1 Å². The number of hydrogen-bond donors (Lipinski definition) is 4. The van der Waals surface area contributed by atoms with E-state index in [9.17, 15) is 10.2 Å². The molecule has 0 radical (unpaired) electrons. The van der Waals surface area contributed by atoms with E-state index in [-0.39, 0.29) is 47.7 Å². The average molecular weight is 263 g/mol. The molecule has 0 aromatic heterocycles. The van der Waals surface area contributed by atoms with Crippen LogP contribution in [-0.4, -0.2) is 10.2 Å². The lowest BCUT2D eigenvalue weighted by atomic mass is 10.1.